The molecular formula is C31H27BrClFN4O5. The fourth-order valence-electron chi connectivity index (χ4n) is 5.03. The minimum atomic E-state index is -0.583. The van der Waals surface area contributed by atoms with Crippen molar-refractivity contribution in [2.75, 3.05) is 13.7 Å². The molecule has 0 saturated heterocycles. The Morgan fingerprint density at radius 1 is 1.05 bits per heavy atom. The van der Waals surface area contributed by atoms with Crippen molar-refractivity contribution in [3.05, 3.63) is 109 Å². The lowest BCUT2D eigenvalue weighted by molar-refractivity contribution is 0.0706. The number of halogens is 3. The van der Waals surface area contributed by atoms with Crippen LogP contribution in [0, 0.1) is 5.82 Å². The Kier molecular flexibility index (Phi) is 8.02. The third-order valence-corrected chi connectivity index (χ3v) is 8.70. The summed E-state index contributed by atoms with van der Waals surface area (Å²) < 4.78 is 29.1. The summed E-state index contributed by atoms with van der Waals surface area (Å²) in [7, 11) is 1.44. The first kappa shape index (κ1) is 29.0. The largest absolute Gasteiger partial charge is 0.497 e. The van der Waals surface area contributed by atoms with Gasteiger partial charge in [0, 0.05) is 41.3 Å². The molecule has 0 unspecified atom stereocenters. The minimum absolute atomic E-state index is 0.0112. The van der Waals surface area contributed by atoms with Crippen LogP contribution in [0.4, 0.5) is 4.39 Å². The van der Waals surface area contributed by atoms with Crippen molar-refractivity contribution in [2.24, 2.45) is 0 Å². The highest BCUT2D eigenvalue weighted by Gasteiger charge is 2.32. The van der Waals surface area contributed by atoms with Gasteiger partial charge < -0.3 is 19.7 Å². The van der Waals surface area contributed by atoms with Crippen LogP contribution in [-0.2, 0) is 19.6 Å². The number of carbonyl (C=O) groups is 2. The molecule has 0 spiro atoms. The van der Waals surface area contributed by atoms with E-state index in [2.05, 4.69) is 21.2 Å². The lowest BCUT2D eigenvalue weighted by Crippen LogP contribution is -2.41. The van der Waals surface area contributed by atoms with E-state index in [1.54, 1.807) is 53.4 Å². The summed E-state index contributed by atoms with van der Waals surface area (Å²) in [6.07, 6.45) is 2.22. The van der Waals surface area contributed by atoms with Crippen LogP contribution in [0.25, 0.3) is 5.69 Å². The summed E-state index contributed by atoms with van der Waals surface area (Å²) in [4.78, 5) is 42.6. The number of carbonyl (C=O) groups excluding carboxylic acids is 2. The summed E-state index contributed by atoms with van der Waals surface area (Å²) in [5, 5.41) is 3.15. The highest BCUT2D eigenvalue weighted by atomic mass is 79.9. The van der Waals surface area contributed by atoms with Crippen LogP contribution in [0.2, 0.25) is 5.02 Å². The predicted molar refractivity (Wildman–Crippen MR) is 162 cm³/mol. The van der Waals surface area contributed by atoms with Crippen molar-refractivity contribution >= 4 is 39.3 Å². The second-order valence-electron chi connectivity index (χ2n) is 10.4. The van der Waals surface area contributed by atoms with Crippen molar-refractivity contribution < 1.29 is 23.5 Å². The van der Waals surface area contributed by atoms with Crippen LogP contribution in [-0.4, -0.2) is 45.6 Å². The van der Waals surface area contributed by atoms with Gasteiger partial charge in [-0.05, 0) is 77.3 Å². The molecule has 43 heavy (non-hydrogen) atoms. The molecule has 3 aromatic carbocycles. The van der Waals surface area contributed by atoms with Gasteiger partial charge in [0.15, 0.2) is 0 Å². The monoisotopic (exact) mass is 668 g/mol. The lowest BCUT2D eigenvalue weighted by Gasteiger charge is -2.28. The van der Waals surface area contributed by atoms with E-state index >= 15 is 0 Å². The molecule has 2 amide bonds. The first-order valence-electron chi connectivity index (χ1n) is 13.7. The van der Waals surface area contributed by atoms with Crippen LogP contribution in [0.5, 0.6) is 11.5 Å². The molecule has 2 aliphatic rings. The van der Waals surface area contributed by atoms with Gasteiger partial charge >= 0.3 is 5.69 Å². The van der Waals surface area contributed by atoms with Crippen LogP contribution in [0.3, 0.4) is 0 Å². The SMILES string of the molecule is COc1ccc(CNC(=O)c2c3n(c(=O)n2-c2ccc(OC4CC4)cc2)CCN(C(=O)c2ccc(Br)c(Cl)c2)C3)c(F)c1. The number of nitrogens with one attached hydrogen (secondary N) is 1. The molecule has 1 aliphatic heterocycles. The van der Waals surface area contributed by atoms with E-state index in [4.69, 9.17) is 21.1 Å². The molecule has 12 heteroatoms. The standard InChI is InChI=1S/C31H27BrClFN4O5/c1-42-23-6-2-19(26(34)15-23)16-35-29(39)28-27-17-36(30(40)18-3-11-24(32)25(33)14-18)12-13-37(27)31(41)38(28)20-4-7-21(8-5-20)43-22-9-10-22/h2-8,11,14-15,22H,9-10,12-13,16-17H2,1H3,(H,35,39). The maximum Gasteiger partial charge on any atom is 0.333 e. The number of aromatic nitrogens is 2. The third-order valence-electron chi connectivity index (χ3n) is 7.47. The second kappa shape index (κ2) is 11.9. The molecule has 6 rings (SSSR count). The average Bonchev–Trinajstić information content (AvgIpc) is 3.78. The molecule has 1 aromatic heterocycles. The first-order chi connectivity index (χ1) is 20.7. The maximum atomic E-state index is 14.6. The molecule has 1 aliphatic carbocycles. The third kappa shape index (κ3) is 5.92. The Morgan fingerprint density at radius 3 is 2.47 bits per heavy atom. The van der Waals surface area contributed by atoms with Crippen LogP contribution in [0.15, 0.2) is 69.9 Å². The van der Waals surface area contributed by atoms with Gasteiger partial charge in [0.2, 0.25) is 0 Å². The Labute approximate surface area is 259 Å². The number of rotatable bonds is 8. The summed E-state index contributed by atoms with van der Waals surface area (Å²) in [5.74, 6) is -0.371. The van der Waals surface area contributed by atoms with Crippen molar-refractivity contribution in [2.45, 2.75) is 38.6 Å². The summed E-state index contributed by atoms with van der Waals surface area (Å²) in [6, 6.07) is 16.3. The Balaban J connectivity index is 1.35. The van der Waals surface area contributed by atoms with Crippen molar-refractivity contribution in [1.82, 2.24) is 19.4 Å². The summed E-state index contributed by atoms with van der Waals surface area (Å²) in [6.45, 7) is 0.335. The summed E-state index contributed by atoms with van der Waals surface area (Å²) in [5.41, 5.74) is 1.14. The van der Waals surface area contributed by atoms with Gasteiger partial charge in [-0.1, -0.05) is 17.7 Å². The number of amides is 2. The zero-order valence-electron chi connectivity index (χ0n) is 23.1. The smallest absolute Gasteiger partial charge is 0.333 e. The Hall–Kier alpha value is -4.09. The highest BCUT2D eigenvalue weighted by Crippen LogP contribution is 2.29. The zero-order valence-corrected chi connectivity index (χ0v) is 25.5. The number of methoxy groups -OCH3 is 1. The van der Waals surface area contributed by atoms with E-state index in [9.17, 15) is 18.8 Å². The molecule has 0 radical (unpaired) electrons. The number of fused-ring (bicyclic) bond motifs is 1. The summed E-state index contributed by atoms with van der Waals surface area (Å²) >= 11 is 9.57. The van der Waals surface area contributed by atoms with Crippen molar-refractivity contribution in [3.8, 4) is 17.2 Å². The molecule has 1 saturated carbocycles. The van der Waals surface area contributed by atoms with E-state index in [1.165, 1.54) is 28.4 Å². The van der Waals surface area contributed by atoms with E-state index in [-0.39, 0.29) is 49.4 Å². The lowest BCUT2D eigenvalue weighted by atomic mass is 10.1. The Bertz CT molecular complexity index is 1780. The second-order valence-corrected chi connectivity index (χ2v) is 11.6. The van der Waals surface area contributed by atoms with Gasteiger partial charge in [-0.2, -0.15) is 0 Å². The van der Waals surface area contributed by atoms with E-state index in [1.807, 2.05) is 0 Å². The molecule has 0 bridgehead atoms. The molecule has 222 valence electrons. The number of hydrogen-bond acceptors (Lipinski definition) is 5. The number of benzene rings is 3. The van der Waals surface area contributed by atoms with Gasteiger partial charge in [0.05, 0.1) is 36.2 Å². The van der Waals surface area contributed by atoms with Gasteiger partial charge in [-0.25, -0.2) is 9.18 Å². The van der Waals surface area contributed by atoms with E-state index < -0.39 is 17.4 Å². The van der Waals surface area contributed by atoms with Crippen LogP contribution in [0.1, 0.15) is 44.9 Å². The van der Waals surface area contributed by atoms with Gasteiger partial charge in [-0.15, -0.1) is 0 Å². The number of nitrogens with zero attached hydrogens (tertiary/aromatic N) is 3. The predicted octanol–water partition coefficient (Wildman–Crippen LogP) is 5.33. The molecule has 1 fully saturated rings. The average molecular weight is 670 g/mol. The minimum Gasteiger partial charge on any atom is -0.497 e. The van der Waals surface area contributed by atoms with E-state index in [0.29, 0.717) is 37.9 Å². The zero-order chi connectivity index (χ0) is 30.2. The van der Waals surface area contributed by atoms with Crippen LogP contribution < -0.4 is 20.5 Å². The number of imidazole rings is 1. The fourth-order valence-corrected chi connectivity index (χ4v) is 5.45. The van der Waals surface area contributed by atoms with Crippen LogP contribution >= 0.6 is 27.5 Å². The molecule has 9 nitrogen and oxygen atoms in total. The maximum absolute atomic E-state index is 14.6. The van der Waals surface area contributed by atoms with Gasteiger partial charge in [0.1, 0.15) is 23.0 Å². The molecular weight excluding hydrogens is 643 g/mol. The van der Waals surface area contributed by atoms with Crippen molar-refractivity contribution in [1.29, 1.82) is 0 Å². The van der Waals surface area contributed by atoms with Gasteiger partial charge in [0.25, 0.3) is 11.8 Å². The first-order valence-corrected chi connectivity index (χ1v) is 14.9. The molecule has 4 aromatic rings. The quantitative estimate of drug-likeness (QED) is 0.274. The topological polar surface area (TPSA) is 94.8 Å². The Morgan fingerprint density at radius 2 is 1.79 bits per heavy atom. The van der Waals surface area contributed by atoms with Crippen molar-refractivity contribution in [3.63, 3.8) is 0 Å². The number of hydrogen-bond donors (Lipinski definition) is 1. The fraction of sp³-hybridized carbons (Fsp3) is 0.258. The number of ether oxygens (including phenoxy) is 2. The van der Waals surface area contributed by atoms with E-state index in [0.717, 1.165) is 12.8 Å². The molecule has 0 atom stereocenters. The highest BCUT2D eigenvalue weighted by molar-refractivity contribution is 9.10. The normalized spacial score (nSPS) is 14.3. The molecule has 1 N–H and O–H groups in total. The molecule has 2 heterocycles. The van der Waals surface area contributed by atoms with Gasteiger partial charge in [-0.3, -0.25) is 18.7 Å².